The molecule has 0 fully saturated rings. The van der Waals surface area contributed by atoms with Crippen LogP contribution in [0.2, 0.25) is 5.02 Å². The molecule has 192 valence electrons. The van der Waals surface area contributed by atoms with Crippen molar-refractivity contribution in [3.63, 3.8) is 0 Å². The van der Waals surface area contributed by atoms with E-state index >= 15 is 0 Å². The summed E-state index contributed by atoms with van der Waals surface area (Å²) in [5.41, 5.74) is 6.67. The summed E-state index contributed by atoms with van der Waals surface area (Å²) >= 11 is 7.76. The number of aryl methyl sites for hydroxylation is 1. The molecule has 1 amide bonds. The molecule has 38 heavy (non-hydrogen) atoms. The second-order valence-electron chi connectivity index (χ2n) is 9.06. The second kappa shape index (κ2) is 11.8. The fourth-order valence-corrected chi connectivity index (χ4v) is 5.44. The Morgan fingerprint density at radius 1 is 1.03 bits per heavy atom. The molecule has 0 saturated heterocycles. The topological polar surface area (TPSA) is 59.8 Å². The van der Waals surface area contributed by atoms with Gasteiger partial charge in [0, 0.05) is 29.1 Å². The highest BCUT2D eigenvalue weighted by Crippen LogP contribution is 2.30. The summed E-state index contributed by atoms with van der Waals surface area (Å²) in [6.07, 6.45) is 4.31. The summed E-state index contributed by atoms with van der Waals surface area (Å²) in [5, 5.41) is 4.21. The van der Waals surface area contributed by atoms with Gasteiger partial charge in [0.1, 0.15) is 5.82 Å². The summed E-state index contributed by atoms with van der Waals surface area (Å²) in [6, 6.07) is 22.3. The standard InChI is InChI=1S/C30H26ClFN4OS/c1-20-2-4-21(5-3-20)12-15-34-29(37)23-8-6-22(7-9-23)18-36-28-17-33-14-13-27(28)35-30(36)38-19-24-10-11-25(32)16-26(24)31/h2-11,13-14,16-17H,12,15,18-19H2,1H3,(H,34,37). The number of halogens is 2. The van der Waals surface area contributed by atoms with Crippen LogP contribution < -0.4 is 5.32 Å². The fourth-order valence-electron chi connectivity index (χ4n) is 4.11. The van der Waals surface area contributed by atoms with Crippen molar-refractivity contribution >= 4 is 40.3 Å². The lowest BCUT2D eigenvalue weighted by atomic mass is 10.1. The molecule has 0 aliphatic heterocycles. The van der Waals surface area contributed by atoms with Gasteiger partial charge >= 0.3 is 0 Å². The number of benzene rings is 3. The van der Waals surface area contributed by atoms with Crippen LogP contribution in [0.1, 0.15) is 32.6 Å². The number of imidazole rings is 1. The first-order valence-electron chi connectivity index (χ1n) is 12.3. The Bertz CT molecular complexity index is 1570. The Kier molecular flexibility index (Phi) is 8.05. The third-order valence-corrected chi connectivity index (χ3v) is 7.64. The van der Waals surface area contributed by atoms with Gasteiger partial charge in [-0.2, -0.15) is 0 Å². The molecule has 0 bridgehead atoms. The van der Waals surface area contributed by atoms with E-state index in [-0.39, 0.29) is 11.7 Å². The first-order chi connectivity index (χ1) is 18.5. The zero-order valence-corrected chi connectivity index (χ0v) is 22.4. The Labute approximate surface area is 230 Å². The molecule has 0 atom stereocenters. The lowest BCUT2D eigenvalue weighted by Crippen LogP contribution is -2.25. The first-order valence-corrected chi connectivity index (χ1v) is 13.6. The van der Waals surface area contributed by atoms with Crippen LogP contribution >= 0.6 is 23.4 Å². The van der Waals surface area contributed by atoms with E-state index in [2.05, 4.69) is 46.1 Å². The minimum absolute atomic E-state index is 0.0895. The van der Waals surface area contributed by atoms with E-state index in [1.807, 2.05) is 30.3 Å². The van der Waals surface area contributed by atoms with E-state index in [4.69, 9.17) is 16.6 Å². The van der Waals surface area contributed by atoms with Crippen molar-refractivity contribution in [2.24, 2.45) is 0 Å². The van der Waals surface area contributed by atoms with Crippen molar-refractivity contribution in [2.45, 2.75) is 30.8 Å². The molecule has 0 saturated carbocycles. The SMILES string of the molecule is Cc1ccc(CCNC(=O)c2ccc(Cn3c(SCc4ccc(F)cc4Cl)nc4ccncc43)cc2)cc1. The Morgan fingerprint density at radius 2 is 1.79 bits per heavy atom. The molecule has 5 aromatic rings. The molecule has 0 aliphatic rings. The van der Waals surface area contributed by atoms with E-state index in [0.29, 0.717) is 29.4 Å². The Balaban J connectivity index is 1.26. The van der Waals surface area contributed by atoms with Gasteiger partial charge in [-0.3, -0.25) is 9.78 Å². The smallest absolute Gasteiger partial charge is 0.251 e. The number of nitrogens with zero attached hydrogens (tertiary/aromatic N) is 3. The van der Waals surface area contributed by atoms with Crippen LogP contribution in [0.3, 0.4) is 0 Å². The van der Waals surface area contributed by atoms with Crippen molar-refractivity contribution in [2.75, 3.05) is 6.54 Å². The highest BCUT2D eigenvalue weighted by molar-refractivity contribution is 7.98. The van der Waals surface area contributed by atoms with Crippen molar-refractivity contribution in [1.82, 2.24) is 19.9 Å². The number of hydrogen-bond acceptors (Lipinski definition) is 4. The molecule has 3 aromatic carbocycles. The number of hydrogen-bond donors (Lipinski definition) is 1. The highest BCUT2D eigenvalue weighted by atomic mass is 35.5. The van der Waals surface area contributed by atoms with Gasteiger partial charge in [-0.25, -0.2) is 9.37 Å². The lowest BCUT2D eigenvalue weighted by Gasteiger charge is -2.11. The number of amides is 1. The van der Waals surface area contributed by atoms with Crippen molar-refractivity contribution < 1.29 is 9.18 Å². The van der Waals surface area contributed by atoms with Gasteiger partial charge in [0.2, 0.25) is 0 Å². The molecule has 8 heteroatoms. The second-order valence-corrected chi connectivity index (χ2v) is 10.4. The van der Waals surface area contributed by atoms with Gasteiger partial charge in [-0.15, -0.1) is 0 Å². The number of fused-ring (bicyclic) bond motifs is 1. The van der Waals surface area contributed by atoms with Crippen LogP contribution in [0.4, 0.5) is 4.39 Å². The van der Waals surface area contributed by atoms with Gasteiger partial charge in [-0.05, 0) is 60.4 Å². The number of nitrogens with one attached hydrogen (secondary N) is 1. The molecule has 0 unspecified atom stereocenters. The maximum Gasteiger partial charge on any atom is 0.251 e. The zero-order chi connectivity index (χ0) is 26.5. The van der Waals surface area contributed by atoms with Crippen molar-refractivity contribution in [3.05, 3.63) is 124 Å². The quantitative estimate of drug-likeness (QED) is 0.206. The average molecular weight is 545 g/mol. The summed E-state index contributed by atoms with van der Waals surface area (Å²) in [7, 11) is 0. The monoisotopic (exact) mass is 544 g/mol. The number of aromatic nitrogens is 3. The minimum Gasteiger partial charge on any atom is -0.352 e. The lowest BCUT2D eigenvalue weighted by molar-refractivity contribution is 0.0954. The zero-order valence-electron chi connectivity index (χ0n) is 20.8. The average Bonchev–Trinajstić information content (AvgIpc) is 3.27. The van der Waals surface area contributed by atoms with Gasteiger partial charge < -0.3 is 9.88 Å². The van der Waals surface area contributed by atoms with E-state index in [1.165, 1.54) is 35.0 Å². The summed E-state index contributed by atoms with van der Waals surface area (Å²) in [4.78, 5) is 21.7. The predicted octanol–water partition coefficient (Wildman–Crippen LogP) is 6.85. The normalized spacial score (nSPS) is 11.1. The number of carbonyl (C=O) groups is 1. The molecule has 1 N–H and O–H groups in total. The number of carbonyl (C=O) groups excluding carboxylic acids is 1. The summed E-state index contributed by atoms with van der Waals surface area (Å²) < 4.78 is 15.5. The molecule has 2 heterocycles. The largest absolute Gasteiger partial charge is 0.352 e. The molecule has 0 radical (unpaired) electrons. The first kappa shape index (κ1) is 25.9. The molecule has 2 aromatic heterocycles. The van der Waals surface area contributed by atoms with Gasteiger partial charge in [0.05, 0.1) is 23.8 Å². The van der Waals surface area contributed by atoms with Gasteiger partial charge in [0.15, 0.2) is 5.16 Å². The van der Waals surface area contributed by atoms with E-state index in [0.717, 1.165) is 33.7 Å². The summed E-state index contributed by atoms with van der Waals surface area (Å²) in [6.45, 7) is 3.21. The van der Waals surface area contributed by atoms with E-state index < -0.39 is 0 Å². The molecular formula is C30H26ClFN4OS. The fraction of sp³-hybridized carbons (Fsp3) is 0.167. The Hall–Kier alpha value is -3.68. The Morgan fingerprint density at radius 3 is 2.55 bits per heavy atom. The number of rotatable bonds is 9. The van der Waals surface area contributed by atoms with Gasteiger partial charge in [0.25, 0.3) is 5.91 Å². The molecule has 5 rings (SSSR count). The third-order valence-electron chi connectivity index (χ3n) is 6.26. The molecule has 0 aliphatic carbocycles. The van der Waals surface area contributed by atoms with Crippen molar-refractivity contribution in [3.8, 4) is 0 Å². The summed E-state index contributed by atoms with van der Waals surface area (Å²) in [5.74, 6) is 0.108. The van der Waals surface area contributed by atoms with Crippen LogP contribution in [0.25, 0.3) is 11.0 Å². The van der Waals surface area contributed by atoms with Crippen LogP contribution in [-0.2, 0) is 18.7 Å². The van der Waals surface area contributed by atoms with Crippen LogP contribution in [0.5, 0.6) is 0 Å². The van der Waals surface area contributed by atoms with Crippen molar-refractivity contribution in [1.29, 1.82) is 0 Å². The number of pyridine rings is 1. The van der Waals surface area contributed by atoms with Crippen LogP contribution in [0, 0.1) is 12.7 Å². The van der Waals surface area contributed by atoms with Gasteiger partial charge in [-0.1, -0.05) is 71.4 Å². The number of thioether (sulfide) groups is 1. The molecule has 5 nitrogen and oxygen atoms in total. The van der Waals surface area contributed by atoms with Crippen LogP contribution in [0.15, 0.2) is 90.3 Å². The van der Waals surface area contributed by atoms with E-state index in [9.17, 15) is 9.18 Å². The molecule has 0 spiro atoms. The maximum atomic E-state index is 13.4. The highest BCUT2D eigenvalue weighted by Gasteiger charge is 2.14. The van der Waals surface area contributed by atoms with Crippen LogP contribution in [-0.4, -0.2) is 27.0 Å². The molecular weight excluding hydrogens is 519 g/mol. The van der Waals surface area contributed by atoms with E-state index in [1.54, 1.807) is 18.5 Å². The minimum atomic E-state index is -0.356. The predicted molar refractivity (Wildman–Crippen MR) is 151 cm³/mol. The third kappa shape index (κ3) is 6.23. The maximum absolute atomic E-state index is 13.4.